The van der Waals surface area contributed by atoms with Crippen LogP contribution in [0.5, 0.6) is 0 Å². The van der Waals surface area contributed by atoms with Crippen molar-refractivity contribution >= 4 is 22.7 Å². The van der Waals surface area contributed by atoms with Gasteiger partial charge in [0.15, 0.2) is 0 Å². The first kappa shape index (κ1) is 35.0. The van der Waals surface area contributed by atoms with Gasteiger partial charge in [-0.1, -0.05) is 36.4 Å². The summed E-state index contributed by atoms with van der Waals surface area (Å²) in [5.74, 6) is 0. The summed E-state index contributed by atoms with van der Waals surface area (Å²) >= 11 is 0. The molecule has 0 aromatic heterocycles. The molecule has 0 radical (unpaired) electrons. The molecule has 4 heterocycles. The average Bonchev–Trinajstić information content (AvgIpc) is 3.20. The lowest BCUT2D eigenvalue weighted by molar-refractivity contribution is 0.122. The largest absolute Gasteiger partial charge is 0.378 e. The molecule has 274 valence electrons. The highest BCUT2D eigenvalue weighted by Gasteiger charge is 2.22. The monoisotopic (exact) mass is 702 g/mol. The zero-order chi connectivity index (χ0) is 35.3. The van der Waals surface area contributed by atoms with Crippen LogP contribution in [0.3, 0.4) is 0 Å². The summed E-state index contributed by atoms with van der Waals surface area (Å²) in [6.07, 6.45) is 1.74. The Hall–Kier alpha value is -4.08. The zero-order valence-corrected chi connectivity index (χ0v) is 31.1. The molecule has 4 saturated heterocycles. The van der Waals surface area contributed by atoms with E-state index in [2.05, 4.69) is 106 Å². The van der Waals surface area contributed by atoms with Gasteiger partial charge in [0.1, 0.15) is 0 Å². The van der Waals surface area contributed by atoms with E-state index in [1.54, 1.807) is 0 Å². The minimum absolute atomic E-state index is 0.776. The van der Waals surface area contributed by atoms with Gasteiger partial charge in [0.2, 0.25) is 0 Å². The summed E-state index contributed by atoms with van der Waals surface area (Å²) in [5.41, 5.74) is 16.0. The second kappa shape index (κ2) is 16.3. The highest BCUT2D eigenvalue weighted by Crippen LogP contribution is 2.38. The fourth-order valence-corrected chi connectivity index (χ4v) is 8.44. The van der Waals surface area contributed by atoms with Gasteiger partial charge in [-0.05, 0) is 108 Å². The number of nitrogens with zero attached hydrogens (tertiary/aromatic N) is 4. The van der Waals surface area contributed by atoms with Crippen LogP contribution in [0, 0.1) is 13.8 Å². The first-order valence-electron chi connectivity index (χ1n) is 19.3. The Morgan fingerprint density at radius 2 is 0.692 bits per heavy atom. The van der Waals surface area contributed by atoms with E-state index < -0.39 is 0 Å². The lowest BCUT2D eigenvalue weighted by Gasteiger charge is -2.33. The van der Waals surface area contributed by atoms with Crippen LogP contribution >= 0.6 is 0 Å². The molecule has 4 fully saturated rings. The normalized spacial score (nSPS) is 18.6. The van der Waals surface area contributed by atoms with Gasteiger partial charge < -0.3 is 38.5 Å². The Morgan fingerprint density at radius 1 is 0.404 bits per heavy atom. The van der Waals surface area contributed by atoms with E-state index in [9.17, 15) is 0 Å². The van der Waals surface area contributed by atoms with Crippen molar-refractivity contribution in [2.45, 2.75) is 26.7 Å². The maximum atomic E-state index is 5.73. The third-order valence-corrected chi connectivity index (χ3v) is 11.2. The van der Waals surface area contributed by atoms with Gasteiger partial charge in [0.25, 0.3) is 0 Å². The van der Waals surface area contributed by atoms with Crippen LogP contribution in [0.4, 0.5) is 22.7 Å². The highest BCUT2D eigenvalue weighted by molar-refractivity contribution is 5.78. The van der Waals surface area contributed by atoms with Crippen molar-refractivity contribution in [2.24, 2.45) is 0 Å². The summed E-state index contributed by atoms with van der Waals surface area (Å²) in [6, 6.07) is 28.2. The standard InChI is InChI=1S/C44H54N4O4/c1-33-5-3-7-37(25-35-27-39(45-9-17-49-18-10-45)31-40(28-35)46-11-19-50-20-12-46)43(33)44-34(2)6-4-8-38(44)26-36-29-41(47-13-21-51-22-14-47)32-42(30-36)48-15-23-52-24-16-48/h3-8,27-32H,9-26H2,1-2H3. The Balaban J connectivity index is 1.16. The Kier molecular flexibility index (Phi) is 11.0. The van der Waals surface area contributed by atoms with Crippen LogP contribution in [0.25, 0.3) is 11.1 Å². The fraction of sp³-hybridized carbons (Fsp3) is 0.455. The molecule has 52 heavy (non-hydrogen) atoms. The number of anilines is 4. The second-order valence-electron chi connectivity index (χ2n) is 14.7. The van der Waals surface area contributed by atoms with Gasteiger partial charge in [-0.15, -0.1) is 0 Å². The van der Waals surface area contributed by atoms with Crippen molar-refractivity contribution in [3.8, 4) is 11.1 Å². The summed E-state index contributed by atoms with van der Waals surface area (Å²) in [4.78, 5) is 9.96. The van der Waals surface area contributed by atoms with Crippen LogP contribution in [0.2, 0.25) is 0 Å². The number of rotatable bonds is 9. The third-order valence-electron chi connectivity index (χ3n) is 11.2. The smallest absolute Gasteiger partial charge is 0.0642 e. The van der Waals surface area contributed by atoms with E-state index in [0.717, 1.165) is 118 Å². The lowest BCUT2D eigenvalue weighted by atomic mass is 9.85. The van der Waals surface area contributed by atoms with Gasteiger partial charge in [0, 0.05) is 75.1 Å². The molecule has 0 unspecified atom stereocenters. The Bertz CT molecular complexity index is 1620. The molecular formula is C44H54N4O4. The van der Waals surface area contributed by atoms with E-state index in [-0.39, 0.29) is 0 Å². The number of morpholine rings is 4. The van der Waals surface area contributed by atoms with Gasteiger partial charge in [0.05, 0.1) is 52.9 Å². The molecule has 4 aromatic carbocycles. The molecule has 8 rings (SSSR count). The van der Waals surface area contributed by atoms with Crippen LogP contribution in [0.15, 0.2) is 72.8 Å². The molecular weight excluding hydrogens is 649 g/mol. The van der Waals surface area contributed by atoms with Crippen molar-refractivity contribution in [1.82, 2.24) is 0 Å². The van der Waals surface area contributed by atoms with E-state index in [4.69, 9.17) is 18.9 Å². The van der Waals surface area contributed by atoms with Gasteiger partial charge >= 0.3 is 0 Å². The van der Waals surface area contributed by atoms with Crippen LogP contribution in [0.1, 0.15) is 33.4 Å². The second-order valence-corrected chi connectivity index (χ2v) is 14.7. The van der Waals surface area contributed by atoms with Crippen LogP contribution in [-0.4, -0.2) is 105 Å². The minimum atomic E-state index is 0.776. The summed E-state index contributed by atoms with van der Waals surface area (Å²) < 4.78 is 22.9. The number of benzene rings is 4. The average molecular weight is 703 g/mol. The van der Waals surface area contributed by atoms with Crippen molar-refractivity contribution in [2.75, 3.05) is 125 Å². The van der Waals surface area contributed by atoms with Crippen molar-refractivity contribution < 1.29 is 18.9 Å². The predicted molar refractivity (Wildman–Crippen MR) is 212 cm³/mol. The first-order chi connectivity index (χ1) is 25.6. The summed E-state index contributed by atoms with van der Waals surface area (Å²) in [6.45, 7) is 18.2. The maximum Gasteiger partial charge on any atom is 0.0642 e. The predicted octanol–water partition coefficient (Wildman–Crippen LogP) is 6.50. The van der Waals surface area contributed by atoms with E-state index >= 15 is 0 Å². The quantitative estimate of drug-likeness (QED) is 0.196. The molecule has 0 saturated carbocycles. The third kappa shape index (κ3) is 7.96. The van der Waals surface area contributed by atoms with Crippen LogP contribution in [-0.2, 0) is 31.8 Å². The topological polar surface area (TPSA) is 49.9 Å². The molecule has 4 aromatic rings. The molecule has 8 nitrogen and oxygen atoms in total. The van der Waals surface area contributed by atoms with Gasteiger partial charge in [-0.25, -0.2) is 0 Å². The van der Waals surface area contributed by atoms with E-state index in [0.29, 0.717) is 0 Å². The molecule has 4 aliphatic heterocycles. The molecule has 0 N–H and O–H groups in total. The summed E-state index contributed by atoms with van der Waals surface area (Å²) in [5, 5.41) is 0. The van der Waals surface area contributed by atoms with Crippen molar-refractivity contribution in [3.05, 3.63) is 106 Å². The molecule has 0 amide bonds. The number of ether oxygens (including phenoxy) is 4. The number of hydrogen-bond donors (Lipinski definition) is 0. The molecule has 4 aliphatic rings. The van der Waals surface area contributed by atoms with E-state index in [1.807, 2.05) is 0 Å². The Labute approximate surface area is 309 Å². The fourth-order valence-electron chi connectivity index (χ4n) is 8.44. The van der Waals surface area contributed by atoms with Gasteiger partial charge in [-0.3, -0.25) is 0 Å². The molecule has 0 aliphatic carbocycles. The maximum absolute atomic E-state index is 5.73. The van der Waals surface area contributed by atoms with Gasteiger partial charge in [-0.2, -0.15) is 0 Å². The molecule has 0 bridgehead atoms. The lowest BCUT2D eigenvalue weighted by Crippen LogP contribution is -2.38. The number of hydrogen-bond acceptors (Lipinski definition) is 8. The molecule has 0 spiro atoms. The summed E-state index contributed by atoms with van der Waals surface area (Å²) in [7, 11) is 0. The van der Waals surface area contributed by atoms with Crippen molar-refractivity contribution in [1.29, 1.82) is 0 Å². The minimum Gasteiger partial charge on any atom is -0.378 e. The molecule has 0 atom stereocenters. The van der Waals surface area contributed by atoms with Crippen LogP contribution < -0.4 is 19.6 Å². The highest BCUT2D eigenvalue weighted by atomic mass is 16.5. The van der Waals surface area contributed by atoms with E-state index in [1.165, 1.54) is 67.3 Å². The SMILES string of the molecule is Cc1cccc(Cc2cc(N3CCOCC3)cc(N3CCOCC3)c2)c1-c1c(C)cccc1Cc1cc(N2CCOCC2)cc(N2CCOCC2)c1. The first-order valence-corrected chi connectivity index (χ1v) is 19.3. The molecule has 8 heteroatoms. The van der Waals surface area contributed by atoms with Crippen molar-refractivity contribution in [3.63, 3.8) is 0 Å². The number of aryl methyl sites for hydroxylation is 2. The Morgan fingerprint density at radius 3 is 0.981 bits per heavy atom. The zero-order valence-electron chi connectivity index (χ0n) is 31.1.